The minimum absolute atomic E-state index is 0.0305. The Morgan fingerprint density at radius 2 is 2.20 bits per heavy atom. The van der Waals surface area contributed by atoms with Crippen LogP contribution in [0.4, 0.5) is 0 Å². The maximum absolute atomic E-state index is 11.6. The Hall–Kier alpha value is -0.840. The summed E-state index contributed by atoms with van der Waals surface area (Å²) in [6.07, 6.45) is 1.55. The zero-order valence-corrected chi connectivity index (χ0v) is 9.86. The number of carbonyl (C=O) groups is 1. The maximum Gasteiger partial charge on any atom is 0.221 e. The molecule has 0 amide bonds. The number of ketones is 1. The van der Waals surface area contributed by atoms with E-state index in [1.54, 1.807) is 6.26 Å². The summed E-state index contributed by atoms with van der Waals surface area (Å²) >= 11 is 0.403. The number of hydrogen-bond donors (Lipinski definition) is 0. The third-order valence-electron chi connectivity index (χ3n) is 2.03. The summed E-state index contributed by atoms with van der Waals surface area (Å²) in [6, 6.07) is 9.73. The lowest BCUT2D eigenvalue weighted by atomic mass is 10.2. The van der Waals surface area contributed by atoms with Gasteiger partial charge in [0.2, 0.25) is 5.78 Å². The van der Waals surface area contributed by atoms with Gasteiger partial charge in [0.05, 0.1) is 11.1 Å². The number of carbonyl (C=O) groups excluding carboxylic acids is 1. The summed E-state index contributed by atoms with van der Waals surface area (Å²) in [5, 5.41) is 1.08. The summed E-state index contributed by atoms with van der Waals surface area (Å²) < 4.78 is 12.0. The molecule has 2 rings (SSSR count). The number of thiophene rings is 1. The van der Waals surface area contributed by atoms with Gasteiger partial charge in [-0.2, -0.15) is 0 Å². The van der Waals surface area contributed by atoms with Gasteiger partial charge >= 0.3 is 0 Å². The molecule has 0 spiro atoms. The number of benzene rings is 1. The van der Waals surface area contributed by atoms with Crippen molar-refractivity contribution in [3.63, 3.8) is 0 Å². The fourth-order valence-corrected chi connectivity index (χ4v) is 2.99. The van der Waals surface area contributed by atoms with Crippen molar-refractivity contribution in [1.82, 2.24) is 0 Å². The van der Waals surface area contributed by atoms with Crippen LogP contribution in [0.15, 0.2) is 30.3 Å². The van der Waals surface area contributed by atoms with E-state index in [0.717, 1.165) is 10.1 Å². The molecule has 1 aromatic heterocycles. The fourth-order valence-electron chi connectivity index (χ4n) is 1.38. The van der Waals surface area contributed by atoms with Crippen LogP contribution >= 0.6 is 11.3 Å². The monoisotopic (exact) mass is 238 g/mol. The van der Waals surface area contributed by atoms with E-state index >= 15 is 0 Å². The molecule has 78 valence electrons. The van der Waals surface area contributed by atoms with E-state index in [4.69, 9.17) is 0 Å². The second kappa shape index (κ2) is 4.35. The molecular weight excluding hydrogens is 228 g/mol. The lowest BCUT2D eigenvalue weighted by Crippen LogP contribution is -2.13. The molecule has 0 bridgehead atoms. The van der Waals surface area contributed by atoms with Crippen molar-refractivity contribution < 1.29 is 9.35 Å². The van der Waals surface area contributed by atoms with Crippen molar-refractivity contribution in [3.05, 3.63) is 35.2 Å². The first-order valence-corrected chi connectivity index (χ1v) is 7.03. The van der Waals surface area contributed by atoms with Gasteiger partial charge in [-0.1, -0.05) is 18.2 Å². The molecule has 0 saturated carbocycles. The third-order valence-corrected chi connectivity index (χ3v) is 3.86. The molecule has 0 aliphatic rings. The largest absolute Gasteiger partial charge is 0.616 e. The lowest BCUT2D eigenvalue weighted by Gasteiger charge is -2.01. The molecule has 1 unspecified atom stereocenters. The molecule has 0 saturated heterocycles. The predicted molar refractivity (Wildman–Crippen MR) is 65.1 cm³/mol. The third kappa shape index (κ3) is 2.40. The average molecular weight is 238 g/mol. The SMILES string of the molecule is C[S+]([O-])CC(=O)c1cc2ccccc2s1. The molecule has 4 heteroatoms. The van der Waals surface area contributed by atoms with Crippen LogP contribution in [0.25, 0.3) is 10.1 Å². The fraction of sp³-hybridized carbons (Fsp3) is 0.182. The van der Waals surface area contributed by atoms with Gasteiger partial charge in [0, 0.05) is 4.70 Å². The molecular formula is C11H10O2S2. The van der Waals surface area contributed by atoms with Crippen LogP contribution < -0.4 is 0 Å². The second-order valence-corrected chi connectivity index (χ2v) is 5.81. The molecule has 2 nitrogen and oxygen atoms in total. The van der Waals surface area contributed by atoms with Crippen LogP contribution in [-0.2, 0) is 11.2 Å². The molecule has 1 atom stereocenters. The highest BCUT2D eigenvalue weighted by atomic mass is 32.2. The summed E-state index contributed by atoms with van der Waals surface area (Å²) in [5.74, 6) is 0.0874. The van der Waals surface area contributed by atoms with Crippen LogP contribution in [-0.4, -0.2) is 22.3 Å². The first-order valence-electron chi connectivity index (χ1n) is 4.48. The van der Waals surface area contributed by atoms with Crippen LogP contribution in [0.1, 0.15) is 9.67 Å². The van der Waals surface area contributed by atoms with Crippen molar-refractivity contribution >= 4 is 38.4 Å². The van der Waals surface area contributed by atoms with Gasteiger partial charge in [-0.3, -0.25) is 4.79 Å². The van der Waals surface area contributed by atoms with Crippen molar-refractivity contribution in [2.45, 2.75) is 0 Å². The van der Waals surface area contributed by atoms with Gasteiger partial charge in [0.25, 0.3) is 0 Å². The zero-order chi connectivity index (χ0) is 10.8. The normalized spacial score (nSPS) is 12.9. The molecule has 2 aromatic rings. The Balaban J connectivity index is 2.32. The van der Waals surface area contributed by atoms with Gasteiger partial charge in [-0.25, -0.2) is 0 Å². The Morgan fingerprint density at radius 3 is 2.87 bits per heavy atom. The van der Waals surface area contributed by atoms with Crippen LogP contribution in [0, 0.1) is 0 Å². The summed E-state index contributed by atoms with van der Waals surface area (Å²) in [6.45, 7) is 0. The predicted octanol–water partition coefficient (Wildman–Crippen LogP) is 2.46. The Labute approximate surface area is 95.1 Å². The van der Waals surface area contributed by atoms with Gasteiger partial charge < -0.3 is 4.55 Å². The maximum atomic E-state index is 11.6. The van der Waals surface area contributed by atoms with Crippen molar-refractivity contribution in [2.24, 2.45) is 0 Å². The molecule has 15 heavy (non-hydrogen) atoms. The molecule has 1 heterocycles. The van der Waals surface area contributed by atoms with E-state index in [1.807, 2.05) is 30.3 Å². The first-order chi connectivity index (χ1) is 7.16. The van der Waals surface area contributed by atoms with Gasteiger partial charge in [0.15, 0.2) is 5.75 Å². The van der Waals surface area contributed by atoms with Crippen molar-refractivity contribution in [2.75, 3.05) is 12.0 Å². The van der Waals surface area contributed by atoms with E-state index in [9.17, 15) is 9.35 Å². The molecule has 0 aliphatic carbocycles. The Morgan fingerprint density at radius 1 is 1.47 bits per heavy atom. The zero-order valence-electron chi connectivity index (χ0n) is 8.23. The van der Waals surface area contributed by atoms with Crippen LogP contribution in [0.5, 0.6) is 0 Å². The lowest BCUT2D eigenvalue weighted by molar-refractivity contribution is 0.102. The van der Waals surface area contributed by atoms with Gasteiger partial charge in [-0.15, -0.1) is 11.3 Å². The summed E-state index contributed by atoms with van der Waals surface area (Å²) in [5.41, 5.74) is 0. The number of Topliss-reactive ketones (excluding diaryl/α,β-unsaturated/α-hetero) is 1. The average Bonchev–Trinajstić information content (AvgIpc) is 2.59. The summed E-state index contributed by atoms with van der Waals surface area (Å²) in [4.78, 5) is 12.3. The highest BCUT2D eigenvalue weighted by Crippen LogP contribution is 2.25. The quantitative estimate of drug-likeness (QED) is 0.608. The standard InChI is InChI=1S/C11H10O2S2/c1-15(13)7-9(12)11-6-8-4-2-3-5-10(8)14-11/h2-6H,7H2,1H3. The van der Waals surface area contributed by atoms with E-state index < -0.39 is 11.2 Å². The van der Waals surface area contributed by atoms with Crippen LogP contribution in [0.2, 0.25) is 0 Å². The highest BCUT2D eigenvalue weighted by molar-refractivity contribution is 7.91. The smallest absolute Gasteiger partial charge is 0.221 e. The van der Waals surface area contributed by atoms with Crippen molar-refractivity contribution in [3.8, 4) is 0 Å². The molecule has 0 radical (unpaired) electrons. The Kier molecular flexibility index (Phi) is 3.09. The number of fused-ring (bicyclic) bond motifs is 1. The van der Waals surface area contributed by atoms with Crippen LogP contribution in [0.3, 0.4) is 0 Å². The van der Waals surface area contributed by atoms with Gasteiger partial charge in [-0.05, 0) is 28.7 Å². The minimum atomic E-state index is -1.06. The highest BCUT2D eigenvalue weighted by Gasteiger charge is 2.14. The number of hydrogen-bond acceptors (Lipinski definition) is 3. The van der Waals surface area contributed by atoms with E-state index in [1.165, 1.54) is 11.3 Å². The first kappa shape index (κ1) is 10.7. The topological polar surface area (TPSA) is 40.1 Å². The van der Waals surface area contributed by atoms with Crippen molar-refractivity contribution in [1.29, 1.82) is 0 Å². The molecule has 1 aromatic carbocycles. The van der Waals surface area contributed by atoms with E-state index in [0.29, 0.717) is 4.88 Å². The van der Waals surface area contributed by atoms with E-state index in [-0.39, 0.29) is 11.5 Å². The number of rotatable bonds is 3. The Bertz CT molecular complexity index is 455. The van der Waals surface area contributed by atoms with E-state index in [2.05, 4.69) is 0 Å². The molecule has 0 aliphatic heterocycles. The second-order valence-electron chi connectivity index (χ2n) is 3.29. The van der Waals surface area contributed by atoms with Gasteiger partial charge in [0.1, 0.15) is 0 Å². The summed E-state index contributed by atoms with van der Waals surface area (Å²) in [7, 11) is 0. The molecule has 0 fully saturated rings. The minimum Gasteiger partial charge on any atom is -0.616 e. The molecule has 0 N–H and O–H groups in total.